The number of nitrogens with two attached hydrogens (primary N) is 1. The summed E-state index contributed by atoms with van der Waals surface area (Å²) in [6, 6.07) is 0. The number of hydrogen-bond donors (Lipinski definition) is 1. The fraction of sp³-hybridized carbons (Fsp3) is 0.600. The highest BCUT2D eigenvalue weighted by Gasteiger charge is 2.30. The van der Waals surface area contributed by atoms with Crippen molar-refractivity contribution in [3.8, 4) is 0 Å². The first kappa shape index (κ1) is 11.6. The molecule has 1 aromatic heterocycles. The van der Waals surface area contributed by atoms with Gasteiger partial charge in [-0.1, -0.05) is 25.9 Å². The van der Waals surface area contributed by atoms with Gasteiger partial charge in [-0.2, -0.15) is 0 Å². The SMILES string of the molecule is CCOC(=O)c1c(C(C)(C)C)noc1N. The average Bonchev–Trinajstić information content (AvgIpc) is 2.46. The van der Waals surface area contributed by atoms with E-state index in [1.807, 2.05) is 20.8 Å². The summed E-state index contributed by atoms with van der Waals surface area (Å²) >= 11 is 0. The van der Waals surface area contributed by atoms with Crippen LogP contribution < -0.4 is 5.73 Å². The minimum atomic E-state index is -0.485. The molecule has 84 valence electrons. The van der Waals surface area contributed by atoms with Crippen LogP contribution in [0.4, 0.5) is 5.88 Å². The van der Waals surface area contributed by atoms with Gasteiger partial charge in [-0.15, -0.1) is 0 Å². The van der Waals surface area contributed by atoms with Crippen molar-refractivity contribution in [3.05, 3.63) is 11.3 Å². The van der Waals surface area contributed by atoms with E-state index in [0.29, 0.717) is 12.3 Å². The second-order valence-corrected chi connectivity index (χ2v) is 4.24. The lowest BCUT2D eigenvalue weighted by atomic mass is 9.89. The lowest BCUT2D eigenvalue weighted by molar-refractivity contribution is 0.0524. The molecule has 0 saturated carbocycles. The molecule has 0 saturated heterocycles. The minimum absolute atomic E-state index is 0.0124. The molecule has 1 rings (SSSR count). The highest BCUT2D eigenvalue weighted by atomic mass is 16.5. The fourth-order valence-corrected chi connectivity index (χ4v) is 1.22. The first-order valence-electron chi connectivity index (χ1n) is 4.80. The maximum Gasteiger partial charge on any atom is 0.345 e. The van der Waals surface area contributed by atoms with Gasteiger partial charge in [0.05, 0.1) is 6.61 Å². The number of ether oxygens (including phenoxy) is 1. The third kappa shape index (κ3) is 2.29. The normalized spacial score (nSPS) is 11.5. The van der Waals surface area contributed by atoms with E-state index in [1.165, 1.54) is 0 Å². The number of carbonyl (C=O) groups is 1. The van der Waals surface area contributed by atoms with E-state index in [2.05, 4.69) is 5.16 Å². The summed E-state index contributed by atoms with van der Waals surface area (Å²) in [5, 5.41) is 3.79. The van der Waals surface area contributed by atoms with Gasteiger partial charge in [0, 0.05) is 5.41 Å². The standard InChI is InChI=1S/C10H16N2O3/c1-5-14-9(13)6-7(10(2,3)4)12-15-8(6)11/h5,11H2,1-4H3. The molecule has 0 aromatic carbocycles. The number of carbonyl (C=O) groups excluding carboxylic acids is 1. The molecule has 1 aromatic rings. The summed E-state index contributed by atoms with van der Waals surface area (Å²) in [5.74, 6) is -0.473. The van der Waals surface area contributed by atoms with Gasteiger partial charge in [0.15, 0.2) is 0 Å². The third-order valence-electron chi connectivity index (χ3n) is 1.91. The Kier molecular flexibility index (Phi) is 3.02. The van der Waals surface area contributed by atoms with E-state index >= 15 is 0 Å². The Balaban J connectivity index is 3.16. The second kappa shape index (κ2) is 3.92. The lowest BCUT2D eigenvalue weighted by Crippen LogP contribution is -2.18. The highest BCUT2D eigenvalue weighted by molar-refractivity contribution is 5.95. The predicted molar refractivity (Wildman–Crippen MR) is 55.6 cm³/mol. The molecule has 0 bridgehead atoms. The van der Waals surface area contributed by atoms with Crippen LogP contribution in [0.25, 0.3) is 0 Å². The van der Waals surface area contributed by atoms with Crippen LogP contribution in [0, 0.1) is 0 Å². The number of rotatable bonds is 2. The van der Waals surface area contributed by atoms with Crippen molar-refractivity contribution >= 4 is 11.9 Å². The number of nitrogens with zero attached hydrogens (tertiary/aromatic N) is 1. The summed E-state index contributed by atoms with van der Waals surface area (Å²) in [6.07, 6.45) is 0. The van der Waals surface area contributed by atoms with Crippen LogP contribution in [0.3, 0.4) is 0 Å². The summed E-state index contributed by atoms with van der Waals surface area (Å²) in [4.78, 5) is 11.6. The number of nitrogen functional groups attached to an aromatic ring is 1. The smallest absolute Gasteiger partial charge is 0.345 e. The van der Waals surface area contributed by atoms with E-state index in [9.17, 15) is 4.79 Å². The fourth-order valence-electron chi connectivity index (χ4n) is 1.22. The molecule has 15 heavy (non-hydrogen) atoms. The molecule has 0 spiro atoms. The molecule has 0 unspecified atom stereocenters. The van der Waals surface area contributed by atoms with E-state index < -0.39 is 5.97 Å². The zero-order chi connectivity index (χ0) is 11.6. The molecule has 0 amide bonds. The van der Waals surface area contributed by atoms with Crippen LogP contribution in [0.15, 0.2) is 4.52 Å². The Morgan fingerprint density at radius 3 is 2.60 bits per heavy atom. The van der Waals surface area contributed by atoms with Gasteiger partial charge >= 0.3 is 5.97 Å². The predicted octanol–water partition coefficient (Wildman–Crippen LogP) is 1.73. The quantitative estimate of drug-likeness (QED) is 0.755. The maximum atomic E-state index is 11.6. The van der Waals surface area contributed by atoms with Crippen molar-refractivity contribution in [1.29, 1.82) is 0 Å². The molecule has 0 aliphatic heterocycles. The van der Waals surface area contributed by atoms with Crippen LogP contribution >= 0.6 is 0 Å². The van der Waals surface area contributed by atoms with Crippen LogP contribution in [0.2, 0.25) is 0 Å². The zero-order valence-electron chi connectivity index (χ0n) is 9.46. The molecule has 5 heteroatoms. The summed E-state index contributed by atoms with van der Waals surface area (Å²) < 4.78 is 9.70. The first-order valence-corrected chi connectivity index (χ1v) is 4.80. The number of anilines is 1. The first-order chi connectivity index (χ1) is 6.88. The van der Waals surface area contributed by atoms with Gasteiger partial charge < -0.3 is 15.0 Å². The molecule has 0 aliphatic rings. The van der Waals surface area contributed by atoms with Gasteiger partial charge in [-0.05, 0) is 6.92 Å². The van der Waals surface area contributed by atoms with Crippen LogP contribution in [-0.2, 0) is 10.2 Å². The molecule has 0 atom stereocenters. The Morgan fingerprint density at radius 2 is 2.13 bits per heavy atom. The minimum Gasteiger partial charge on any atom is -0.462 e. The summed E-state index contributed by atoms with van der Waals surface area (Å²) in [5.41, 5.74) is 6.00. The Bertz CT molecular complexity index is 363. The van der Waals surface area contributed by atoms with Crippen LogP contribution in [0.5, 0.6) is 0 Å². The van der Waals surface area contributed by atoms with Crippen molar-refractivity contribution in [2.75, 3.05) is 12.3 Å². The van der Waals surface area contributed by atoms with Gasteiger partial charge in [0.1, 0.15) is 11.3 Å². The lowest BCUT2D eigenvalue weighted by Gasteiger charge is -2.15. The summed E-state index contributed by atoms with van der Waals surface area (Å²) in [7, 11) is 0. The van der Waals surface area contributed by atoms with Crippen molar-refractivity contribution in [2.45, 2.75) is 33.1 Å². The molecule has 5 nitrogen and oxygen atoms in total. The Morgan fingerprint density at radius 1 is 1.53 bits per heavy atom. The van der Waals surface area contributed by atoms with Crippen molar-refractivity contribution in [3.63, 3.8) is 0 Å². The molecular weight excluding hydrogens is 196 g/mol. The van der Waals surface area contributed by atoms with Gasteiger partial charge in [0.2, 0.25) is 5.88 Å². The van der Waals surface area contributed by atoms with Crippen molar-refractivity contribution in [1.82, 2.24) is 5.16 Å². The summed E-state index contributed by atoms with van der Waals surface area (Å²) in [6.45, 7) is 7.80. The molecular formula is C10H16N2O3. The molecule has 0 aliphatic carbocycles. The van der Waals surface area contributed by atoms with E-state index in [-0.39, 0.29) is 16.9 Å². The maximum absolute atomic E-state index is 11.6. The Labute approximate surface area is 88.6 Å². The third-order valence-corrected chi connectivity index (χ3v) is 1.91. The van der Waals surface area contributed by atoms with Crippen molar-refractivity contribution < 1.29 is 14.1 Å². The topological polar surface area (TPSA) is 78.3 Å². The number of esters is 1. The van der Waals surface area contributed by atoms with Gasteiger partial charge in [-0.25, -0.2) is 4.79 Å². The largest absolute Gasteiger partial charge is 0.462 e. The van der Waals surface area contributed by atoms with Crippen LogP contribution in [-0.4, -0.2) is 17.7 Å². The van der Waals surface area contributed by atoms with E-state index in [0.717, 1.165) is 0 Å². The van der Waals surface area contributed by atoms with Gasteiger partial charge in [-0.3, -0.25) is 0 Å². The van der Waals surface area contributed by atoms with Gasteiger partial charge in [0.25, 0.3) is 0 Å². The average molecular weight is 212 g/mol. The number of aromatic nitrogens is 1. The van der Waals surface area contributed by atoms with Crippen LogP contribution in [0.1, 0.15) is 43.7 Å². The Hall–Kier alpha value is -1.52. The van der Waals surface area contributed by atoms with E-state index in [4.69, 9.17) is 15.0 Å². The molecule has 2 N–H and O–H groups in total. The monoisotopic (exact) mass is 212 g/mol. The molecule has 0 radical (unpaired) electrons. The molecule has 0 fully saturated rings. The number of hydrogen-bond acceptors (Lipinski definition) is 5. The molecule has 1 heterocycles. The zero-order valence-corrected chi connectivity index (χ0v) is 9.46. The van der Waals surface area contributed by atoms with E-state index in [1.54, 1.807) is 6.92 Å². The van der Waals surface area contributed by atoms with Crippen molar-refractivity contribution in [2.24, 2.45) is 0 Å². The second-order valence-electron chi connectivity index (χ2n) is 4.24. The highest BCUT2D eigenvalue weighted by Crippen LogP contribution is 2.28.